The van der Waals surface area contributed by atoms with Crippen LogP contribution in [0.2, 0.25) is 0 Å². The summed E-state index contributed by atoms with van der Waals surface area (Å²) in [5.74, 6) is -0.133. The molecule has 0 aliphatic heterocycles. The molecule has 1 aliphatic rings. The van der Waals surface area contributed by atoms with E-state index in [1.807, 2.05) is 43.3 Å². The molecule has 1 aromatic rings. The van der Waals surface area contributed by atoms with Crippen LogP contribution in [0.1, 0.15) is 59.4 Å². The molecule has 0 atom stereocenters. The van der Waals surface area contributed by atoms with Crippen molar-refractivity contribution >= 4 is 11.6 Å². The van der Waals surface area contributed by atoms with Crippen molar-refractivity contribution in [3.8, 4) is 0 Å². The predicted molar refractivity (Wildman–Crippen MR) is 126 cm³/mol. The zero-order valence-electron chi connectivity index (χ0n) is 18.5. The van der Waals surface area contributed by atoms with Crippen LogP contribution in [0.15, 0.2) is 83.0 Å². The van der Waals surface area contributed by atoms with Crippen LogP contribution in [0.3, 0.4) is 0 Å². The highest BCUT2D eigenvalue weighted by Crippen LogP contribution is 2.40. The summed E-state index contributed by atoms with van der Waals surface area (Å²) in [6.45, 7) is 14.8. The molecule has 0 bridgehead atoms. The quantitative estimate of drug-likeness (QED) is 0.401. The Morgan fingerprint density at radius 1 is 1.10 bits per heavy atom. The number of carbonyl (C=O) groups excluding carboxylic acids is 1. The van der Waals surface area contributed by atoms with Crippen LogP contribution < -0.4 is 5.32 Å². The average molecular weight is 389 g/mol. The Hall–Kier alpha value is -2.61. The summed E-state index contributed by atoms with van der Waals surface area (Å²) >= 11 is 0. The van der Waals surface area contributed by atoms with Gasteiger partial charge in [0.1, 0.15) is 0 Å². The van der Waals surface area contributed by atoms with E-state index in [4.69, 9.17) is 0 Å². The van der Waals surface area contributed by atoms with Crippen LogP contribution in [0.5, 0.6) is 0 Å². The van der Waals surface area contributed by atoms with E-state index in [9.17, 15) is 4.79 Å². The van der Waals surface area contributed by atoms with E-state index in [-0.39, 0.29) is 11.3 Å². The van der Waals surface area contributed by atoms with Gasteiger partial charge in [-0.15, -0.1) is 0 Å². The van der Waals surface area contributed by atoms with Gasteiger partial charge in [0.2, 0.25) is 5.91 Å². The summed E-state index contributed by atoms with van der Waals surface area (Å²) in [5.41, 5.74) is 7.02. The Kier molecular flexibility index (Phi) is 8.01. The monoisotopic (exact) mass is 388 g/mol. The third-order valence-corrected chi connectivity index (χ3v) is 5.35. The van der Waals surface area contributed by atoms with Crippen LogP contribution in [0, 0.1) is 12.3 Å². The van der Waals surface area contributed by atoms with Crippen LogP contribution in [0.4, 0.5) is 5.69 Å². The molecule has 1 aliphatic carbocycles. The fourth-order valence-corrected chi connectivity index (χ4v) is 3.65. The standard InChI is InChI=1S/C27H34NO/c1-20(14-17-25-23(4)11-8-18-27(25,5)6)9-7-10-22(3)19-26(29)28-24-15-12-21(2)13-16-24/h7,9-10,12-17,19H,2,8,11,18H2,1,3-6H3,(H,28,29). The van der Waals surface area contributed by atoms with Crippen molar-refractivity contribution in [2.75, 3.05) is 5.32 Å². The van der Waals surface area contributed by atoms with Crippen molar-refractivity contribution in [1.82, 2.24) is 0 Å². The number of nitrogens with one attached hydrogen (secondary N) is 1. The number of allylic oxidation sites excluding steroid dienone is 9. The number of hydrogen-bond acceptors (Lipinski definition) is 1. The maximum atomic E-state index is 12.1. The third-order valence-electron chi connectivity index (χ3n) is 5.35. The van der Waals surface area contributed by atoms with Gasteiger partial charge in [-0.3, -0.25) is 4.79 Å². The number of hydrogen-bond donors (Lipinski definition) is 1. The Bertz CT molecular complexity index is 874. The third kappa shape index (κ3) is 7.38. The number of anilines is 1. The average Bonchev–Trinajstić information content (AvgIpc) is 2.62. The second kappa shape index (κ2) is 10.2. The second-order valence-corrected chi connectivity index (χ2v) is 8.61. The van der Waals surface area contributed by atoms with E-state index in [2.05, 4.69) is 58.2 Å². The lowest BCUT2D eigenvalue weighted by Crippen LogP contribution is -2.19. The lowest BCUT2D eigenvalue weighted by atomic mass is 9.72. The van der Waals surface area contributed by atoms with Crippen molar-refractivity contribution in [1.29, 1.82) is 0 Å². The summed E-state index contributed by atoms with van der Waals surface area (Å²) in [6.07, 6.45) is 15.8. The molecule has 0 spiro atoms. The summed E-state index contributed by atoms with van der Waals surface area (Å²) in [6, 6.07) is 7.45. The number of amides is 1. The van der Waals surface area contributed by atoms with Gasteiger partial charge >= 0.3 is 0 Å². The molecule has 0 fully saturated rings. The molecule has 1 aromatic carbocycles. The number of benzene rings is 1. The van der Waals surface area contributed by atoms with E-state index in [1.165, 1.54) is 36.0 Å². The van der Waals surface area contributed by atoms with E-state index in [0.717, 1.165) is 16.8 Å². The van der Waals surface area contributed by atoms with Gasteiger partial charge in [-0.25, -0.2) is 0 Å². The fraction of sp³-hybridized carbons (Fsp3) is 0.333. The zero-order chi connectivity index (χ0) is 21.4. The highest BCUT2D eigenvalue weighted by molar-refractivity contribution is 5.99. The van der Waals surface area contributed by atoms with Gasteiger partial charge in [0.05, 0.1) is 0 Å². The van der Waals surface area contributed by atoms with Crippen molar-refractivity contribution < 1.29 is 4.79 Å². The molecule has 29 heavy (non-hydrogen) atoms. The van der Waals surface area contributed by atoms with Gasteiger partial charge < -0.3 is 5.32 Å². The lowest BCUT2D eigenvalue weighted by Gasteiger charge is -2.32. The molecule has 153 valence electrons. The van der Waals surface area contributed by atoms with E-state index < -0.39 is 0 Å². The minimum atomic E-state index is -0.133. The minimum Gasteiger partial charge on any atom is -0.323 e. The first-order valence-electron chi connectivity index (χ1n) is 10.3. The molecule has 0 saturated heterocycles. The molecule has 0 heterocycles. The van der Waals surface area contributed by atoms with Gasteiger partial charge in [0.25, 0.3) is 0 Å². The number of rotatable bonds is 6. The second-order valence-electron chi connectivity index (χ2n) is 8.61. The SMILES string of the molecule is [CH2]c1ccc(NC(=O)C=C(C)C=CC=C(C)C=CC2=C(C)CCCC2(C)C)cc1. The smallest absolute Gasteiger partial charge is 0.248 e. The molecule has 1 amide bonds. The topological polar surface area (TPSA) is 29.1 Å². The van der Waals surface area contributed by atoms with Crippen molar-refractivity contribution in [2.24, 2.45) is 5.41 Å². The highest BCUT2D eigenvalue weighted by Gasteiger charge is 2.26. The Balaban J connectivity index is 1.95. The van der Waals surface area contributed by atoms with Gasteiger partial charge in [-0.1, -0.05) is 67.5 Å². The van der Waals surface area contributed by atoms with Crippen molar-refractivity contribution in [3.05, 3.63) is 95.5 Å². The van der Waals surface area contributed by atoms with Crippen molar-refractivity contribution in [3.63, 3.8) is 0 Å². The van der Waals surface area contributed by atoms with E-state index >= 15 is 0 Å². The van der Waals surface area contributed by atoms with Crippen LogP contribution >= 0.6 is 0 Å². The summed E-state index contributed by atoms with van der Waals surface area (Å²) in [7, 11) is 0. The van der Waals surface area contributed by atoms with E-state index in [0.29, 0.717) is 0 Å². The fourth-order valence-electron chi connectivity index (χ4n) is 3.65. The minimum absolute atomic E-state index is 0.133. The van der Waals surface area contributed by atoms with Gasteiger partial charge in [-0.2, -0.15) is 0 Å². The van der Waals surface area contributed by atoms with Gasteiger partial charge in [0.15, 0.2) is 0 Å². The molecule has 2 nitrogen and oxygen atoms in total. The molecule has 1 radical (unpaired) electrons. The zero-order valence-corrected chi connectivity index (χ0v) is 18.5. The first-order chi connectivity index (χ1) is 13.7. The first-order valence-corrected chi connectivity index (χ1v) is 10.3. The molecule has 2 rings (SSSR count). The molecule has 0 unspecified atom stereocenters. The normalized spacial score (nSPS) is 18.0. The Labute approximate surface area is 176 Å². The summed E-state index contributed by atoms with van der Waals surface area (Å²) in [4.78, 5) is 12.1. The van der Waals surface area contributed by atoms with Crippen LogP contribution in [-0.2, 0) is 4.79 Å². The van der Waals surface area contributed by atoms with E-state index in [1.54, 1.807) is 6.08 Å². The number of carbonyl (C=O) groups is 1. The predicted octanol–water partition coefficient (Wildman–Crippen LogP) is 7.34. The highest BCUT2D eigenvalue weighted by atomic mass is 16.1. The maximum absolute atomic E-state index is 12.1. The van der Waals surface area contributed by atoms with Crippen molar-refractivity contribution in [2.45, 2.75) is 53.9 Å². The van der Waals surface area contributed by atoms with Crippen LogP contribution in [0.25, 0.3) is 0 Å². The first kappa shape index (κ1) is 22.7. The van der Waals surface area contributed by atoms with Crippen LogP contribution in [-0.4, -0.2) is 5.91 Å². The molecular weight excluding hydrogens is 354 g/mol. The molecule has 0 saturated carbocycles. The Morgan fingerprint density at radius 2 is 1.79 bits per heavy atom. The van der Waals surface area contributed by atoms with Gasteiger partial charge in [0, 0.05) is 11.8 Å². The molecule has 0 aromatic heterocycles. The van der Waals surface area contributed by atoms with Gasteiger partial charge in [-0.05, 0) is 81.2 Å². The largest absolute Gasteiger partial charge is 0.323 e. The maximum Gasteiger partial charge on any atom is 0.248 e. The molecular formula is C27H34NO. The Morgan fingerprint density at radius 3 is 2.45 bits per heavy atom. The summed E-state index contributed by atoms with van der Waals surface area (Å²) in [5, 5.41) is 2.86. The molecule has 2 heteroatoms. The summed E-state index contributed by atoms with van der Waals surface area (Å²) < 4.78 is 0. The lowest BCUT2D eigenvalue weighted by molar-refractivity contribution is -0.111. The molecule has 1 N–H and O–H groups in total.